The van der Waals surface area contributed by atoms with E-state index in [0.717, 1.165) is 5.69 Å². The van der Waals surface area contributed by atoms with Crippen LogP contribution in [0.2, 0.25) is 0 Å². The predicted molar refractivity (Wildman–Crippen MR) is 101 cm³/mol. The fourth-order valence-electron chi connectivity index (χ4n) is 2.68. The zero-order valence-electron chi connectivity index (χ0n) is 15.4. The first-order valence-corrected chi connectivity index (χ1v) is 8.54. The molecule has 0 saturated heterocycles. The SMILES string of the molecule is COc1cc2nc(CCC(C)(C)O)cn2cc1NC(=O)c1ccc[nH]c1=O. The Balaban J connectivity index is 1.89. The van der Waals surface area contributed by atoms with E-state index in [4.69, 9.17) is 4.74 Å². The standard InChI is InChI=1S/C19H22N4O4/c1-19(2,26)7-6-12-10-23-11-14(15(27-3)9-16(23)21-12)22-18(25)13-5-4-8-20-17(13)24/h4-5,8-11,26H,6-7H2,1-3H3,(H,20,24)(H,22,25). The summed E-state index contributed by atoms with van der Waals surface area (Å²) in [6.45, 7) is 3.51. The van der Waals surface area contributed by atoms with E-state index in [-0.39, 0.29) is 5.56 Å². The number of methoxy groups -OCH3 is 1. The van der Waals surface area contributed by atoms with Crippen molar-refractivity contribution in [1.82, 2.24) is 14.4 Å². The minimum Gasteiger partial charge on any atom is -0.494 e. The number of amides is 1. The van der Waals surface area contributed by atoms with Crippen LogP contribution in [-0.4, -0.2) is 38.1 Å². The first kappa shape index (κ1) is 18.7. The second-order valence-corrected chi connectivity index (χ2v) is 6.93. The van der Waals surface area contributed by atoms with Crippen LogP contribution in [0.25, 0.3) is 5.65 Å². The van der Waals surface area contributed by atoms with Gasteiger partial charge in [0, 0.05) is 24.7 Å². The van der Waals surface area contributed by atoms with Crippen molar-refractivity contribution in [3.63, 3.8) is 0 Å². The molecular weight excluding hydrogens is 348 g/mol. The molecule has 0 aromatic carbocycles. The van der Waals surface area contributed by atoms with Crippen LogP contribution in [0, 0.1) is 0 Å². The van der Waals surface area contributed by atoms with Crippen LogP contribution in [0.15, 0.2) is 41.6 Å². The average Bonchev–Trinajstić information content (AvgIpc) is 3.00. The number of aromatic nitrogens is 3. The number of imidazole rings is 1. The molecule has 0 fully saturated rings. The number of anilines is 1. The molecule has 142 valence electrons. The molecule has 3 rings (SSSR count). The monoisotopic (exact) mass is 370 g/mol. The molecule has 3 N–H and O–H groups in total. The van der Waals surface area contributed by atoms with E-state index in [2.05, 4.69) is 15.3 Å². The Hall–Kier alpha value is -3.13. The van der Waals surface area contributed by atoms with Gasteiger partial charge in [0.05, 0.1) is 18.4 Å². The molecule has 0 aliphatic carbocycles. The fraction of sp³-hybridized carbons (Fsp3) is 0.316. The summed E-state index contributed by atoms with van der Waals surface area (Å²) in [7, 11) is 1.49. The summed E-state index contributed by atoms with van der Waals surface area (Å²) in [6.07, 6.45) is 6.19. The third-order valence-electron chi connectivity index (χ3n) is 4.13. The minimum absolute atomic E-state index is 0.0103. The quantitative estimate of drug-likeness (QED) is 0.615. The average molecular weight is 370 g/mol. The number of rotatable bonds is 6. The smallest absolute Gasteiger partial charge is 0.261 e. The van der Waals surface area contributed by atoms with Gasteiger partial charge in [-0.1, -0.05) is 0 Å². The summed E-state index contributed by atoms with van der Waals surface area (Å²) < 4.78 is 7.12. The van der Waals surface area contributed by atoms with Crippen LogP contribution in [0.4, 0.5) is 5.69 Å². The fourth-order valence-corrected chi connectivity index (χ4v) is 2.68. The van der Waals surface area contributed by atoms with Crippen molar-refractivity contribution in [2.24, 2.45) is 0 Å². The third kappa shape index (κ3) is 4.35. The normalized spacial score (nSPS) is 11.6. The number of ether oxygens (including phenoxy) is 1. The molecule has 27 heavy (non-hydrogen) atoms. The van der Waals surface area contributed by atoms with E-state index in [1.54, 1.807) is 36.6 Å². The Labute approximate surface area is 155 Å². The highest BCUT2D eigenvalue weighted by Gasteiger charge is 2.16. The molecule has 0 radical (unpaired) electrons. The van der Waals surface area contributed by atoms with Gasteiger partial charge in [0.25, 0.3) is 11.5 Å². The van der Waals surface area contributed by atoms with Crippen molar-refractivity contribution in [3.05, 3.63) is 58.4 Å². The molecule has 0 atom stereocenters. The Bertz CT molecular complexity index is 1030. The number of nitrogens with zero attached hydrogens (tertiary/aromatic N) is 2. The van der Waals surface area contributed by atoms with Crippen LogP contribution in [0.1, 0.15) is 36.3 Å². The number of H-pyrrole nitrogens is 1. The minimum atomic E-state index is -0.768. The van der Waals surface area contributed by atoms with Crippen LogP contribution in [-0.2, 0) is 6.42 Å². The molecule has 0 aliphatic rings. The number of hydrogen-bond acceptors (Lipinski definition) is 5. The van der Waals surface area contributed by atoms with Crippen molar-refractivity contribution in [2.45, 2.75) is 32.3 Å². The maximum Gasteiger partial charge on any atom is 0.261 e. The number of carbonyl (C=O) groups is 1. The summed E-state index contributed by atoms with van der Waals surface area (Å²) in [5.74, 6) is -0.0975. The van der Waals surface area contributed by atoms with Crippen molar-refractivity contribution >= 4 is 17.2 Å². The molecule has 3 heterocycles. The lowest BCUT2D eigenvalue weighted by Crippen LogP contribution is -2.22. The number of hydrogen-bond donors (Lipinski definition) is 3. The van der Waals surface area contributed by atoms with E-state index >= 15 is 0 Å². The lowest BCUT2D eigenvalue weighted by molar-refractivity contribution is 0.0711. The maximum atomic E-state index is 12.4. The topological polar surface area (TPSA) is 109 Å². The van der Waals surface area contributed by atoms with Crippen molar-refractivity contribution in [3.8, 4) is 5.75 Å². The molecule has 0 saturated carbocycles. The number of fused-ring (bicyclic) bond motifs is 1. The second-order valence-electron chi connectivity index (χ2n) is 6.93. The highest BCUT2D eigenvalue weighted by atomic mass is 16.5. The molecule has 0 spiro atoms. The Morgan fingerprint density at radius 2 is 2.19 bits per heavy atom. The van der Waals surface area contributed by atoms with Crippen molar-refractivity contribution in [1.29, 1.82) is 0 Å². The first-order valence-electron chi connectivity index (χ1n) is 8.54. The van der Waals surface area contributed by atoms with Gasteiger partial charge in [-0.05, 0) is 38.8 Å². The molecule has 0 unspecified atom stereocenters. The number of pyridine rings is 2. The summed E-state index contributed by atoms with van der Waals surface area (Å²) >= 11 is 0. The number of aliphatic hydroxyl groups is 1. The summed E-state index contributed by atoms with van der Waals surface area (Å²) in [6, 6.07) is 4.74. The summed E-state index contributed by atoms with van der Waals surface area (Å²) in [5.41, 5.74) is 0.678. The number of carbonyl (C=O) groups excluding carboxylic acids is 1. The molecule has 0 aliphatic heterocycles. The van der Waals surface area contributed by atoms with E-state index in [0.29, 0.717) is 29.9 Å². The van der Waals surface area contributed by atoms with Gasteiger partial charge in [-0.2, -0.15) is 0 Å². The van der Waals surface area contributed by atoms with Gasteiger partial charge in [-0.25, -0.2) is 4.98 Å². The van der Waals surface area contributed by atoms with E-state index in [9.17, 15) is 14.7 Å². The molecule has 0 bridgehead atoms. The number of aromatic amines is 1. The maximum absolute atomic E-state index is 12.4. The lowest BCUT2D eigenvalue weighted by atomic mass is 10.0. The molecule has 1 amide bonds. The van der Waals surface area contributed by atoms with Crippen LogP contribution in [0.5, 0.6) is 5.75 Å². The van der Waals surface area contributed by atoms with E-state index in [1.807, 2.05) is 6.20 Å². The highest BCUT2D eigenvalue weighted by Crippen LogP contribution is 2.27. The highest BCUT2D eigenvalue weighted by molar-refractivity contribution is 6.04. The predicted octanol–water partition coefficient (Wildman–Crippen LogP) is 1.99. The van der Waals surface area contributed by atoms with Gasteiger partial charge in [-0.15, -0.1) is 0 Å². The summed E-state index contributed by atoms with van der Waals surface area (Å²) in [5, 5.41) is 12.6. The Morgan fingerprint density at radius 3 is 2.85 bits per heavy atom. The van der Waals surface area contributed by atoms with Gasteiger partial charge in [0.1, 0.15) is 22.6 Å². The van der Waals surface area contributed by atoms with Crippen molar-refractivity contribution < 1.29 is 14.6 Å². The molecular formula is C19H22N4O4. The van der Waals surface area contributed by atoms with Gasteiger partial charge in [0.2, 0.25) is 0 Å². The van der Waals surface area contributed by atoms with Crippen molar-refractivity contribution in [2.75, 3.05) is 12.4 Å². The zero-order valence-corrected chi connectivity index (χ0v) is 15.4. The first-order chi connectivity index (χ1) is 12.8. The largest absolute Gasteiger partial charge is 0.494 e. The van der Waals surface area contributed by atoms with E-state index < -0.39 is 17.1 Å². The van der Waals surface area contributed by atoms with Crippen LogP contribution >= 0.6 is 0 Å². The zero-order chi connectivity index (χ0) is 19.6. The van der Waals surface area contributed by atoms with E-state index in [1.165, 1.54) is 19.4 Å². The summed E-state index contributed by atoms with van der Waals surface area (Å²) in [4.78, 5) is 31.2. The van der Waals surface area contributed by atoms with Crippen LogP contribution in [0.3, 0.4) is 0 Å². The second kappa shape index (κ2) is 7.24. The molecule has 3 aromatic heterocycles. The lowest BCUT2D eigenvalue weighted by Gasteiger charge is -2.15. The number of nitrogens with one attached hydrogen (secondary N) is 2. The van der Waals surface area contributed by atoms with Crippen LogP contribution < -0.4 is 15.6 Å². The number of aryl methyl sites for hydroxylation is 1. The van der Waals surface area contributed by atoms with Gasteiger partial charge >= 0.3 is 0 Å². The third-order valence-corrected chi connectivity index (χ3v) is 4.13. The van der Waals surface area contributed by atoms with Gasteiger partial charge in [-0.3, -0.25) is 9.59 Å². The molecule has 3 aromatic rings. The molecule has 8 nitrogen and oxygen atoms in total. The Kier molecular flexibility index (Phi) is 5.00. The van der Waals surface area contributed by atoms with Gasteiger partial charge in [0.15, 0.2) is 0 Å². The Morgan fingerprint density at radius 1 is 1.41 bits per heavy atom. The molecule has 8 heteroatoms. The van der Waals surface area contributed by atoms with Gasteiger partial charge < -0.3 is 24.5 Å².